The second-order valence-electron chi connectivity index (χ2n) is 5.07. The summed E-state index contributed by atoms with van der Waals surface area (Å²) in [5.74, 6) is 0.840. The third-order valence-electron chi connectivity index (χ3n) is 3.57. The summed E-state index contributed by atoms with van der Waals surface area (Å²) in [7, 11) is 1.79. The summed E-state index contributed by atoms with van der Waals surface area (Å²) in [6, 6.07) is 2.07. The molecule has 0 spiro atoms. The molecule has 2 heterocycles. The van der Waals surface area contributed by atoms with Gasteiger partial charge in [-0.1, -0.05) is 0 Å². The highest BCUT2D eigenvalue weighted by atomic mass is 16.5. The van der Waals surface area contributed by atoms with Crippen molar-refractivity contribution in [1.82, 2.24) is 15.6 Å². The molecule has 1 fully saturated rings. The van der Waals surface area contributed by atoms with Gasteiger partial charge >= 0.3 is 0 Å². The molecule has 5 nitrogen and oxygen atoms in total. The van der Waals surface area contributed by atoms with Crippen LogP contribution in [0.15, 0.2) is 23.5 Å². The SMILES string of the molecule is CN=C(NCCc1ccncc1C)NCC1CCCO1. The third kappa shape index (κ3) is 4.49. The van der Waals surface area contributed by atoms with Gasteiger partial charge in [0.05, 0.1) is 6.10 Å². The Bertz CT molecular complexity index is 441. The highest BCUT2D eigenvalue weighted by molar-refractivity contribution is 5.79. The Hall–Kier alpha value is -1.62. The Morgan fingerprint density at radius 3 is 3.10 bits per heavy atom. The van der Waals surface area contributed by atoms with Gasteiger partial charge in [-0.25, -0.2) is 0 Å². The van der Waals surface area contributed by atoms with E-state index in [1.165, 1.54) is 17.5 Å². The number of guanidine groups is 1. The quantitative estimate of drug-likeness (QED) is 0.628. The zero-order chi connectivity index (χ0) is 14.2. The minimum absolute atomic E-state index is 0.330. The first-order valence-corrected chi connectivity index (χ1v) is 7.25. The van der Waals surface area contributed by atoms with Crippen LogP contribution in [0.4, 0.5) is 0 Å². The molecule has 1 aromatic heterocycles. The first-order chi connectivity index (χ1) is 9.79. The number of hydrogen-bond donors (Lipinski definition) is 2. The highest BCUT2D eigenvalue weighted by Crippen LogP contribution is 2.10. The maximum Gasteiger partial charge on any atom is 0.191 e. The molecule has 110 valence electrons. The molecule has 1 aliphatic heterocycles. The van der Waals surface area contributed by atoms with Crippen molar-refractivity contribution >= 4 is 5.96 Å². The minimum atomic E-state index is 0.330. The number of rotatable bonds is 5. The van der Waals surface area contributed by atoms with Gasteiger partial charge in [0.25, 0.3) is 0 Å². The maximum atomic E-state index is 5.59. The van der Waals surface area contributed by atoms with E-state index in [1.54, 1.807) is 7.05 Å². The summed E-state index contributed by atoms with van der Waals surface area (Å²) in [4.78, 5) is 8.34. The highest BCUT2D eigenvalue weighted by Gasteiger charge is 2.15. The number of aryl methyl sites for hydroxylation is 1. The van der Waals surface area contributed by atoms with Gasteiger partial charge in [-0.3, -0.25) is 9.98 Å². The topological polar surface area (TPSA) is 58.5 Å². The third-order valence-corrected chi connectivity index (χ3v) is 3.57. The standard InChI is InChI=1S/C15H24N4O/c1-12-10-17-7-5-13(12)6-8-18-15(16-2)19-11-14-4-3-9-20-14/h5,7,10,14H,3-4,6,8-9,11H2,1-2H3,(H2,16,18,19). The van der Waals surface area contributed by atoms with Crippen molar-refractivity contribution in [1.29, 1.82) is 0 Å². The maximum absolute atomic E-state index is 5.59. The van der Waals surface area contributed by atoms with Crippen LogP contribution in [0.5, 0.6) is 0 Å². The molecule has 0 aromatic carbocycles. The summed E-state index contributed by atoms with van der Waals surface area (Å²) >= 11 is 0. The lowest BCUT2D eigenvalue weighted by molar-refractivity contribution is 0.114. The summed E-state index contributed by atoms with van der Waals surface area (Å²) in [6.45, 7) is 4.66. The van der Waals surface area contributed by atoms with Gasteiger partial charge in [-0.2, -0.15) is 0 Å². The fourth-order valence-electron chi connectivity index (χ4n) is 2.33. The van der Waals surface area contributed by atoms with Crippen LogP contribution < -0.4 is 10.6 Å². The number of pyridine rings is 1. The van der Waals surface area contributed by atoms with Crippen LogP contribution in [0.25, 0.3) is 0 Å². The van der Waals surface area contributed by atoms with E-state index < -0.39 is 0 Å². The molecular weight excluding hydrogens is 252 g/mol. The van der Waals surface area contributed by atoms with Crippen molar-refractivity contribution in [2.75, 3.05) is 26.7 Å². The molecule has 0 bridgehead atoms. The lowest BCUT2D eigenvalue weighted by atomic mass is 10.1. The Kier molecular flexibility index (Phi) is 5.80. The van der Waals surface area contributed by atoms with E-state index in [4.69, 9.17) is 4.74 Å². The Morgan fingerprint density at radius 2 is 2.40 bits per heavy atom. The number of nitrogens with one attached hydrogen (secondary N) is 2. The molecule has 1 aliphatic rings. The van der Waals surface area contributed by atoms with E-state index in [0.29, 0.717) is 6.10 Å². The van der Waals surface area contributed by atoms with Crippen molar-refractivity contribution < 1.29 is 4.74 Å². The predicted octanol–water partition coefficient (Wildman–Crippen LogP) is 1.28. The zero-order valence-electron chi connectivity index (χ0n) is 12.4. The summed E-state index contributed by atoms with van der Waals surface area (Å²) in [6.07, 6.45) is 7.35. The van der Waals surface area contributed by atoms with E-state index in [2.05, 4.69) is 33.6 Å². The van der Waals surface area contributed by atoms with Crippen LogP contribution in [0.1, 0.15) is 24.0 Å². The summed E-state index contributed by atoms with van der Waals surface area (Å²) < 4.78 is 5.59. The first-order valence-electron chi connectivity index (χ1n) is 7.25. The summed E-state index contributed by atoms with van der Waals surface area (Å²) in [5, 5.41) is 6.65. The zero-order valence-corrected chi connectivity index (χ0v) is 12.4. The largest absolute Gasteiger partial charge is 0.376 e. The number of hydrogen-bond acceptors (Lipinski definition) is 3. The second kappa shape index (κ2) is 7.85. The molecule has 2 N–H and O–H groups in total. The minimum Gasteiger partial charge on any atom is -0.376 e. The van der Waals surface area contributed by atoms with Gasteiger partial charge in [-0.15, -0.1) is 0 Å². The molecule has 1 saturated heterocycles. The van der Waals surface area contributed by atoms with Crippen LogP contribution in [-0.4, -0.2) is 43.8 Å². The van der Waals surface area contributed by atoms with Gasteiger partial charge in [0, 0.05) is 39.1 Å². The normalized spacial score (nSPS) is 19.1. The Morgan fingerprint density at radius 1 is 1.50 bits per heavy atom. The van der Waals surface area contributed by atoms with Crippen LogP contribution in [0.3, 0.4) is 0 Å². The number of aliphatic imine (C=N–C) groups is 1. The molecule has 0 aliphatic carbocycles. The van der Waals surface area contributed by atoms with E-state index in [1.807, 2.05) is 12.4 Å². The van der Waals surface area contributed by atoms with Crippen molar-refractivity contribution in [3.63, 3.8) is 0 Å². The fraction of sp³-hybridized carbons (Fsp3) is 0.600. The average molecular weight is 276 g/mol. The van der Waals surface area contributed by atoms with Crippen LogP contribution in [0, 0.1) is 6.92 Å². The molecule has 1 atom stereocenters. The smallest absolute Gasteiger partial charge is 0.191 e. The average Bonchev–Trinajstić information content (AvgIpc) is 2.98. The van der Waals surface area contributed by atoms with Gasteiger partial charge in [0.1, 0.15) is 0 Å². The van der Waals surface area contributed by atoms with Crippen molar-refractivity contribution in [3.05, 3.63) is 29.6 Å². The molecule has 0 saturated carbocycles. The number of aromatic nitrogens is 1. The van der Waals surface area contributed by atoms with Crippen molar-refractivity contribution in [2.45, 2.75) is 32.3 Å². The van der Waals surface area contributed by atoms with Crippen LogP contribution >= 0.6 is 0 Å². The Labute approximate surface area is 120 Å². The van der Waals surface area contributed by atoms with E-state index in [9.17, 15) is 0 Å². The van der Waals surface area contributed by atoms with E-state index in [0.717, 1.165) is 38.5 Å². The lowest BCUT2D eigenvalue weighted by Gasteiger charge is -2.15. The number of nitrogens with zero attached hydrogens (tertiary/aromatic N) is 2. The predicted molar refractivity (Wildman–Crippen MR) is 81.0 cm³/mol. The second-order valence-corrected chi connectivity index (χ2v) is 5.07. The first kappa shape index (κ1) is 14.8. The monoisotopic (exact) mass is 276 g/mol. The van der Waals surface area contributed by atoms with Crippen LogP contribution in [0.2, 0.25) is 0 Å². The molecule has 20 heavy (non-hydrogen) atoms. The molecule has 0 radical (unpaired) electrons. The van der Waals surface area contributed by atoms with Gasteiger partial charge in [-0.05, 0) is 43.4 Å². The molecule has 2 rings (SSSR count). The molecule has 1 aromatic rings. The van der Waals surface area contributed by atoms with E-state index >= 15 is 0 Å². The van der Waals surface area contributed by atoms with E-state index in [-0.39, 0.29) is 0 Å². The van der Waals surface area contributed by atoms with Gasteiger partial charge in [0.2, 0.25) is 0 Å². The molecule has 0 amide bonds. The molecule has 1 unspecified atom stereocenters. The van der Waals surface area contributed by atoms with Gasteiger partial charge in [0.15, 0.2) is 5.96 Å². The van der Waals surface area contributed by atoms with Crippen LogP contribution in [-0.2, 0) is 11.2 Å². The fourth-order valence-corrected chi connectivity index (χ4v) is 2.33. The van der Waals surface area contributed by atoms with Gasteiger partial charge < -0.3 is 15.4 Å². The number of ether oxygens (including phenoxy) is 1. The van der Waals surface area contributed by atoms with Crippen molar-refractivity contribution in [2.24, 2.45) is 4.99 Å². The summed E-state index contributed by atoms with van der Waals surface area (Å²) in [5.41, 5.74) is 2.55. The molecule has 5 heteroatoms. The molecular formula is C15H24N4O. The van der Waals surface area contributed by atoms with Crippen molar-refractivity contribution in [3.8, 4) is 0 Å². The Balaban J connectivity index is 1.70. The lowest BCUT2D eigenvalue weighted by Crippen LogP contribution is -2.41.